The van der Waals surface area contributed by atoms with Gasteiger partial charge in [-0.1, -0.05) is 30.7 Å². The van der Waals surface area contributed by atoms with E-state index in [1.807, 2.05) is 26.0 Å². The molecule has 0 saturated carbocycles. The maximum atomic E-state index is 11.7. The highest BCUT2D eigenvalue weighted by Crippen LogP contribution is 2.10. The summed E-state index contributed by atoms with van der Waals surface area (Å²) in [6, 6.07) is 7.18. The summed E-state index contributed by atoms with van der Waals surface area (Å²) in [5.41, 5.74) is 0.927. The monoisotopic (exact) mass is 255 g/mol. The molecule has 2 N–H and O–H groups in total. The van der Waals surface area contributed by atoms with Crippen LogP contribution in [0.3, 0.4) is 0 Å². The number of hydrogen-bond donors (Lipinski definition) is 2. The Morgan fingerprint density at radius 1 is 1.35 bits per heavy atom. The molecule has 2 unspecified atom stereocenters. The summed E-state index contributed by atoms with van der Waals surface area (Å²) in [7, 11) is 0. The molecule has 1 aromatic carbocycles. The van der Waals surface area contributed by atoms with Crippen LogP contribution in [0.25, 0.3) is 0 Å². The van der Waals surface area contributed by atoms with Crippen molar-refractivity contribution < 1.29 is 9.90 Å². The number of aliphatic hydroxyl groups is 1. The van der Waals surface area contributed by atoms with E-state index in [1.165, 1.54) is 0 Å². The highest BCUT2D eigenvalue weighted by molar-refractivity contribution is 6.30. The Kier molecular flexibility index (Phi) is 5.45. The Labute approximate surface area is 107 Å². The number of benzene rings is 1. The third kappa shape index (κ3) is 4.75. The first-order valence-electron chi connectivity index (χ1n) is 5.67. The summed E-state index contributed by atoms with van der Waals surface area (Å²) >= 11 is 5.76. The minimum absolute atomic E-state index is 0.0280. The molecule has 0 aliphatic rings. The fourth-order valence-electron chi connectivity index (χ4n) is 1.39. The van der Waals surface area contributed by atoms with Crippen LogP contribution >= 0.6 is 11.6 Å². The third-order valence-corrected chi connectivity index (χ3v) is 3.06. The molecule has 1 amide bonds. The summed E-state index contributed by atoms with van der Waals surface area (Å²) in [4.78, 5) is 11.7. The Hall–Kier alpha value is -1.06. The summed E-state index contributed by atoms with van der Waals surface area (Å²) in [6.45, 7) is 3.86. The molecule has 0 bridgehead atoms. The maximum absolute atomic E-state index is 11.7. The van der Waals surface area contributed by atoms with Crippen molar-refractivity contribution in [1.82, 2.24) is 5.32 Å². The van der Waals surface area contributed by atoms with E-state index >= 15 is 0 Å². The van der Waals surface area contributed by atoms with Crippen molar-refractivity contribution in [2.75, 3.05) is 6.61 Å². The van der Waals surface area contributed by atoms with E-state index in [2.05, 4.69) is 5.32 Å². The number of carbonyl (C=O) groups is 1. The Balaban J connectivity index is 2.47. The molecule has 2 atom stereocenters. The molecule has 17 heavy (non-hydrogen) atoms. The van der Waals surface area contributed by atoms with Gasteiger partial charge in [-0.15, -0.1) is 0 Å². The van der Waals surface area contributed by atoms with Gasteiger partial charge < -0.3 is 10.4 Å². The molecule has 0 aliphatic carbocycles. The van der Waals surface area contributed by atoms with Gasteiger partial charge in [-0.25, -0.2) is 0 Å². The van der Waals surface area contributed by atoms with E-state index in [-0.39, 0.29) is 24.5 Å². The van der Waals surface area contributed by atoms with E-state index < -0.39 is 0 Å². The number of carbonyl (C=O) groups excluding carboxylic acids is 1. The lowest BCUT2D eigenvalue weighted by Crippen LogP contribution is -2.39. The third-order valence-electron chi connectivity index (χ3n) is 2.81. The number of amides is 1. The Bertz CT molecular complexity index is 364. The zero-order valence-electron chi connectivity index (χ0n) is 10.1. The quantitative estimate of drug-likeness (QED) is 0.846. The first-order valence-corrected chi connectivity index (χ1v) is 6.05. The fourth-order valence-corrected chi connectivity index (χ4v) is 1.52. The molecular weight excluding hydrogens is 238 g/mol. The van der Waals surface area contributed by atoms with E-state index in [9.17, 15) is 4.79 Å². The second-order valence-electron chi connectivity index (χ2n) is 4.32. The van der Waals surface area contributed by atoms with Crippen molar-refractivity contribution >= 4 is 17.5 Å². The van der Waals surface area contributed by atoms with Gasteiger partial charge in [0.2, 0.25) is 5.91 Å². The highest BCUT2D eigenvalue weighted by Gasteiger charge is 2.13. The van der Waals surface area contributed by atoms with Crippen molar-refractivity contribution in [2.45, 2.75) is 26.3 Å². The molecule has 0 aliphatic heterocycles. The standard InChI is InChI=1S/C13H18ClNO2/c1-9(8-16)10(2)15-13(17)7-11-3-5-12(14)6-4-11/h3-6,9-10,16H,7-8H2,1-2H3,(H,15,17). The van der Waals surface area contributed by atoms with Crippen molar-refractivity contribution in [1.29, 1.82) is 0 Å². The topological polar surface area (TPSA) is 49.3 Å². The molecule has 1 rings (SSSR count). The van der Waals surface area contributed by atoms with Crippen molar-refractivity contribution in [2.24, 2.45) is 5.92 Å². The maximum Gasteiger partial charge on any atom is 0.224 e. The lowest BCUT2D eigenvalue weighted by molar-refractivity contribution is -0.121. The van der Waals surface area contributed by atoms with Crippen LogP contribution in [0.4, 0.5) is 0 Å². The molecule has 0 heterocycles. The zero-order valence-corrected chi connectivity index (χ0v) is 10.9. The predicted octanol–water partition coefficient (Wildman–Crippen LogP) is 2.02. The number of nitrogens with one attached hydrogen (secondary N) is 1. The predicted molar refractivity (Wildman–Crippen MR) is 69.0 cm³/mol. The van der Waals surface area contributed by atoms with E-state index in [4.69, 9.17) is 16.7 Å². The number of rotatable bonds is 5. The van der Waals surface area contributed by atoms with E-state index in [0.29, 0.717) is 11.4 Å². The Morgan fingerprint density at radius 2 is 1.94 bits per heavy atom. The van der Waals surface area contributed by atoms with Gasteiger partial charge in [-0.2, -0.15) is 0 Å². The van der Waals surface area contributed by atoms with Crippen molar-refractivity contribution in [3.63, 3.8) is 0 Å². The second kappa shape index (κ2) is 6.62. The molecule has 4 heteroatoms. The van der Waals surface area contributed by atoms with Crippen molar-refractivity contribution in [3.8, 4) is 0 Å². The lowest BCUT2D eigenvalue weighted by Gasteiger charge is -2.19. The molecule has 0 saturated heterocycles. The van der Waals surface area contributed by atoms with Gasteiger partial charge in [0.15, 0.2) is 0 Å². The SMILES string of the molecule is CC(CO)C(C)NC(=O)Cc1ccc(Cl)cc1. The molecule has 3 nitrogen and oxygen atoms in total. The average molecular weight is 256 g/mol. The molecule has 0 aromatic heterocycles. The first kappa shape index (κ1) is 14.0. The van der Waals surface area contributed by atoms with Gasteiger partial charge in [0.25, 0.3) is 0 Å². The van der Waals surface area contributed by atoms with E-state index in [0.717, 1.165) is 5.56 Å². The number of hydrogen-bond acceptors (Lipinski definition) is 2. The summed E-state index contributed by atoms with van der Waals surface area (Å²) in [5, 5.41) is 12.5. The van der Waals surface area contributed by atoms with Crippen LogP contribution in [0, 0.1) is 5.92 Å². The smallest absolute Gasteiger partial charge is 0.224 e. The highest BCUT2D eigenvalue weighted by atomic mass is 35.5. The van der Waals surface area contributed by atoms with Crippen LogP contribution < -0.4 is 5.32 Å². The second-order valence-corrected chi connectivity index (χ2v) is 4.76. The molecule has 0 radical (unpaired) electrons. The Morgan fingerprint density at radius 3 is 2.47 bits per heavy atom. The minimum Gasteiger partial charge on any atom is -0.396 e. The largest absolute Gasteiger partial charge is 0.396 e. The van der Waals surface area contributed by atoms with Crippen LogP contribution in [0.1, 0.15) is 19.4 Å². The molecule has 1 aromatic rings. The molecule has 94 valence electrons. The molecule has 0 spiro atoms. The normalized spacial score (nSPS) is 14.1. The summed E-state index contributed by atoms with van der Waals surface area (Å²) in [6.07, 6.45) is 0.333. The lowest BCUT2D eigenvalue weighted by atomic mass is 10.0. The van der Waals surface area contributed by atoms with Crippen LogP contribution in [0.5, 0.6) is 0 Å². The molecule has 0 fully saturated rings. The number of aliphatic hydroxyl groups excluding tert-OH is 1. The van der Waals surface area contributed by atoms with Gasteiger partial charge in [-0.05, 0) is 30.5 Å². The van der Waals surface area contributed by atoms with Gasteiger partial charge in [-0.3, -0.25) is 4.79 Å². The zero-order chi connectivity index (χ0) is 12.8. The summed E-state index contributed by atoms with van der Waals surface area (Å²) < 4.78 is 0. The first-order chi connectivity index (χ1) is 8.02. The van der Waals surface area contributed by atoms with E-state index in [1.54, 1.807) is 12.1 Å². The van der Waals surface area contributed by atoms with Crippen LogP contribution in [-0.4, -0.2) is 23.7 Å². The van der Waals surface area contributed by atoms with Crippen LogP contribution in [0.2, 0.25) is 5.02 Å². The van der Waals surface area contributed by atoms with Gasteiger partial charge >= 0.3 is 0 Å². The molecular formula is C13H18ClNO2. The van der Waals surface area contributed by atoms with Gasteiger partial charge in [0.05, 0.1) is 6.42 Å². The van der Waals surface area contributed by atoms with Crippen LogP contribution in [0.15, 0.2) is 24.3 Å². The average Bonchev–Trinajstić information content (AvgIpc) is 2.30. The summed E-state index contributed by atoms with van der Waals surface area (Å²) in [5.74, 6) is 0.0179. The van der Waals surface area contributed by atoms with Crippen LogP contribution in [-0.2, 0) is 11.2 Å². The number of halogens is 1. The van der Waals surface area contributed by atoms with Gasteiger partial charge in [0.1, 0.15) is 0 Å². The fraction of sp³-hybridized carbons (Fsp3) is 0.462. The minimum atomic E-state index is -0.0416. The van der Waals surface area contributed by atoms with Gasteiger partial charge in [0, 0.05) is 17.7 Å². The van der Waals surface area contributed by atoms with Crippen molar-refractivity contribution in [3.05, 3.63) is 34.9 Å².